The standard InChI is InChI=1S/C21H23N/c1-14-7-5-10-16-18-13-21(2,19(14)16)20-15(8-3-4-12-22)9-6-11-17(18)20/h3,5-11,18H,4,12-13,22H2,1-2H3. The highest BCUT2D eigenvalue weighted by Crippen LogP contribution is 2.61. The van der Waals surface area contributed by atoms with Crippen molar-refractivity contribution < 1.29 is 0 Å². The Morgan fingerprint density at radius 1 is 1.14 bits per heavy atom. The molecular formula is C21H23N. The highest BCUT2D eigenvalue weighted by atomic mass is 14.5. The van der Waals surface area contributed by atoms with Gasteiger partial charge in [-0.1, -0.05) is 55.5 Å². The molecule has 0 saturated heterocycles. The Balaban J connectivity index is 1.91. The quantitative estimate of drug-likeness (QED) is 0.883. The summed E-state index contributed by atoms with van der Waals surface area (Å²) in [5.74, 6) is 0.581. The number of fused-ring (bicyclic) bond motifs is 8. The summed E-state index contributed by atoms with van der Waals surface area (Å²) in [6, 6.07) is 13.6. The fourth-order valence-corrected chi connectivity index (χ4v) is 4.82. The minimum absolute atomic E-state index is 0.171. The van der Waals surface area contributed by atoms with Crippen LogP contribution in [0.5, 0.6) is 0 Å². The summed E-state index contributed by atoms with van der Waals surface area (Å²) in [4.78, 5) is 0. The molecule has 2 aliphatic rings. The van der Waals surface area contributed by atoms with Gasteiger partial charge in [0.1, 0.15) is 0 Å². The van der Waals surface area contributed by atoms with Crippen molar-refractivity contribution in [3.8, 4) is 0 Å². The lowest BCUT2D eigenvalue weighted by Gasteiger charge is -2.30. The second kappa shape index (κ2) is 4.82. The molecule has 0 fully saturated rings. The van der Waals surface area contributed by atoms with E-state index in [1.165, 1.54) is 23.1 Å². The van der Waals surface area contributed by atoms with Gasteiger partial charge in [0.25, 0.3) is 0 Å². The third-order valence-corrected chi connectivity index (χ3v) is 5.53. The van der Waals surface area contributed by atoms with Crippen LogP contribution in [0.4, 0.5) is 0 Å². The molecule has 22 heavy (non-hydrogen) atoms. The molecule has 0 heterocycles. The van der Waals surface area contributed by atoms with Gasteiger partial charge in [0, 0.05) is 11.3 Å². The third-order valence-electron chi connectivity index (χ3n) is 5.53. The Morgan fingerprint density at radius 3 is 2.64 bits per heavy atom. The molecule has 1 heteroatoms. The topological polar surface area (TPSA) is 26.0 Å². The van der Waals surface area contributed by atoms with Crippen LogP contribution < -0.4 is 5.73 Å². The Labute approximate surface area is 132 Å². The molecule has 112 valence electrons. The number of hydrogen-bond acceptors (Lipinski definition) is 1. The summed E-state index contributed by atoms with van der Waals surface area (Å²) in [6.45, 7) is 5.41. The first-order valence-corrected chi connectivity index (χ1v) is 8.27. The fraction of sp³-hybridized carbons (Fsp3) is 0.333. The van der Waals surface area contributed by atoms with E-state index < -0.39 is 0 Å². The fourth-order valence-electron chi connectivity index (χ4n) is 4.82. The normalized spacial score (nSPS) is 24.8. The van der Waals surface area contributed by atoms with Gasteiger partial charge in [0.15, 0.2) is 0 Å². The predicted octanol–water partition coefficient (Wildman–Crippen LogP) is 4.51. The molecule has 0 amide bonds. The Morgan fingerprint density at radius 2 is 1.86 bits per heavy atom. The molecular weight excluding hydrogens is 266 g/mol. The van der Waals surface area contributed by atoms with Crippen LogP contribution in [0.25, 0.3) is 6.08 Å². The Bertz CT molecular complexity index is 771. The van der Waals surface area contributed by atoms with E-state index in [1.54, 1.807) is 16.7 Å². The highest BCUT2D eigenvalue weighted by molar-refractivity contribution is 5.70. The summed E-state index contributed by atoms with van der Waals surface area (Å²) < 4.78 is 0. The maximum Gasteiger partial charge on any atom is 0.0198 e. The van der Waals surface area contributed by atoms with Crippen LogP contribution in [0.2, 0.25) is 0 Å². The van der Waals surface area contributed by atoms with Crippen LogP contribution in [0, 0.1) is 6.92 Å². The summed E-state index contributed by atoms with van der Waals surface area (Å²) in [5, 5.41) is 0. The molecule has 0 saturated carbocycles. The average Bonchev–Trinajstić information content (AvgIpc) is 2.98. The van der Waals surface area contributed by atoms with Gasteiger partial charge in [-0.25, -0.2) is 0 Å². The Hall–Kier alpha value is -1.86. The number of hydrogen-bond donors (Lipinski definition) is 1. The molecule has 2 atom stereocenters. The van der Waals surface area contributed by atoms with Crippen LogP contribution in [0.3, 0.4) is 0 Å². The van der Waals surface area contributed by atoms with Gasteiger partial charge in [-0.05, 0) is 59.7 Å². The van der Waals surface area contributed by atoms with E-state index in [-0.39, 0.29) is 5.41 Å². The zero-order valence-electron chi connectivity index (χ0n) is 13.4. The molecule has 4 rings (SSSR count). The molecule has 0 spiro atoms. The van der Waals surface area contributed by atoms with Gasteiger partial charge in [0.2, 0.25) is 0 Å². The van der Waals surface area contributed by atoms with Crippen molar-refractivity contribution in [3.05, 3.63) is 75.9 Å². The van der Waals surface area contributed by atoms with Crippen molar-refractivity contribution in [2.75, 3.05) is 6.54 Å². The van der Waals surface area contributed by atoms with Crippen molar-refractivity contribution in [1.82, 2.24) is 0 Å². The molecule has 2 aromatic rings. The molecule has 0 aliphatic heterocycles. The van der Waals surface area contributed by atoms with Gasteiger partial charge in [-0.2, -0.15) is 0 Å². The molecule has 2 N–H and O–H groups in total. The lowest BCUT2D eigenvalue weighted by molar-refractivity contribution is 0.586. The van der Waals surface area contributed by atoms with Crippen molar-refractivity contribution in [2.45, 2.75) is 38.0 Å². The second-order valence-corrected chi connectivity index (χ2v) is 6.92. The summed E-state index contributed by atoms with van der Waals surface area (Å²) >= 11 is 0. The first-order chi connectivity index (χ1) is 10.7. The largest absolute Gasteiger partial charge is 0.330 e. The van der Waals surface area contributed by atoms with Crippen LogP contribution >= 0.6 is 0 Å². The predicted molar refractivity (Wildman–Crippen MR) is 93.2 cm³/mol. The monoisotopic (exact) mass is 289 g/mol. The molecule has 2 aromatic carbocycles. The number of aryl methyl sites for hydroxylation is 1. The summed E-state index contributed by atoms with van der Waals surface area (Å²) in [7, 11) is 0. The zero-order chi connectivity index (χ0) is 15.3. The van der Waals surface area contributed by atoms with Gasteiger partial charge < -0.3 is 5.73 Å². The highest BCUT2D eigenvalue weighted by Gasteiger charge is 2.51. The first kappa shape index (κ1) is 13.8. The van der Waals surface area contributed by atoms with Crippen LogP contribution in [0.1, 0.15) is 59.1 Å². The maximum atomic E-state index is 5.62. The second-order valence-electron chi connectivity index (χ2n) is 6.92. The lowest BCUT2D eigenvalue weighted by Crippen LogP contribution is -2.22. The first-order valence-electron chi connectivity index (χ1n) is 8.27. The van der Waals surface area contributed by atoms with E-state index in [9.17, 15) is 0 Å². The molecule has 0 aromatic heterocycles. The summed E-state index contributed by atoms with van der Waals surface area (Å²) in [5.41, 5.74) is 14.8. The zero-order valence-corrected chi connectivity index (χ0v) is 13.4. The van der Waals surface area contributed by atoms with Crippen molar-refractivity contribution in [3.63, 3.8) is 0 Å². The molecule has 2 bridgehead atoms. The SMILES string of the molecule is Cc1cccc2c1C1(C)CC2c2cccc(C=CCCN)c21. The van der Waals surface area contributed by atoms with Gasteiger partial charge in [-0.3, -0.25) is 0 Å². The number of nitrogens with two attached hydrogens (primary N) is 1. The van der Waals surface area contributed by atoms with E-state index in [0.717, 1.165) is 6.42 Å². The third kappa shape index (κ3) is 1.69. The van der Waals surface area contributed by atoms with Crippen LogP contribution in [-0.4, -0.2) is 6.54 Å². The van der Waals surface area contributed by atoms with Crippen LogP contribution in [-0.2, 0) is 5.41 Å². The van der Waals surface area contributed by atoms with E-state index >= 15 is 0 Å². The molecule has 0 radical (unpaired) electrons. The van der Waals surface area contributed by atoms with Gasteiger partial charge in [-0.15, -0.1) is 0 Å². The van der Waals surface area contributed by atoms with Crippen LogP contribution in [0.15, 0.2) is 42.5 Å². The number of benzene rings is 2. The van der Waals surface area contributed by atoms with E-state index in [4.69, 9.17) is 5.73 Å². The average molecular weight is 289 g/mol. The lowest BCUT2D eigenvalue weighted by atomic mass is 9.73. The smallest absolute Gasteiger partial charge is 0.0198 e. The van der Waals surface area contributed by atoms with E-state index in [1.807, 2.05) is 0 Å². The van der Waals surface area contributed by atoms with Crippen molar-refractivity contribution in [2.24, 2.45) is 5.73 Å². The molecule has 2 unspecified atom stereocenters. The minimum atomic E-state index is 0.171. The Kier molecular flexibility index (Phi) is 3.02. The van der Waals surface area contributed by atoms with Crippen molar-refractivity contribution in [1.29, 1.82) is 0 Å². The van der Waals surface area contributed by atoms with E-state index in [0.29, 0.717) is 12.5 Å². The number of rotatable bonds is 3. The van der Waals surface area contributed by atoms with Gasteiger partial charge >= 0.3 is 0 Å². The van der Waals surface area contributed by atoms with Crippen molar-refractivity contribution >= 4 is 6.08 Å². The maximum absolute atomic E-state index is 5.62. The molecule has 1 nitrogen and oxygen atoms in total. The summed E-state index contributed by atoms with van der Waals surface area (Å²) in [6.07, 6.45) is 6.66. The van der Waals surface area contributed by atoms with E-state index in [2.05, 4.69) is 62.4 Å². The minimum Gasteiger partial charge on any atom is -0.330 e. The van der Waals surface area contributed by atoms with Gasteiger partial charge in [0.05, 0.1) is 0 Å². The molecule has 2 aliphatic carbocycles.